The molecule has 18 rings (SSSR count). The van der Waals surface area contributed by atoms with E-state index in [0.717, 1.165) is 67.2 Å². The van der Waals surface area contributed by atoms with E-state index in [-0.39, 0.29) is 35.1 Å². The highest BCUT2D eigenvalue weighted by molar-refractivity contribution is 7.01. The summed E-state index contributed by atoms with van der Waals surface area (Å²) in [6, 6.07) is 96.4. The Morgan fingerprint density at radius 1 is 0.275 bits per heavy atom. The zero-order valence-electron chi connectivity index (χ0n) is 60.3. The zero-order valence-corrected chi connectivity index (χ0v) is 60.3. The standard InChI is InChI=1S/2C46H41BN4/c1-45(2,3)33-17-21-35(22-18-33)50-39-15-9-7-13-37(39)47-38-14-8-10-16-40(38)51(36-23-19-34(20-24-36)46(4,5)6)42-28-31(27-41(50)43(42)47)32-26-30-12-11-25-48-44(30)49-29-32;1-45(2,3)31-17-21-33(22-18-31)50-40-15-9-7-12-35(40)47-36-13-8-10-16-41(36)51(34-23-19-32(20-24-34)46(4,5)6)43-29-30(28-42(50)44(43)47)37-25-26-38-39(49-37)14-11-27-48-38/h2*7-29H,1-6H3. The Hall–Kier alpha value is -11.4. The summed E-state index contributed by atoms with van der Waals surface area (Å²) in [5.74, 6) is 0. The predicted octanol–water partition coefficient (Wildman–Crippen LogP) is 19.9. The van der Waals surface area contributed by atoms with Gasteiger partial charge >= 0.3 is 0 Å². The maximum atomic E-state index is 5.17. The fourth-order valence-electron chi connectivity index (χ4n) is 15.9. The highest BCUT2D eigenvalue weighted by Crippen LogP contribution is 2.49. The first kappa shape index (κ1) is 64.1. The minimum Gasteiger partial charge on any atom is -0.311 e. The van der Waals surface area contributed by atoms with Crippen molar-refractivity contribution in [3.63, 3.8) is 0 Å². The van der Waals surface area contributed by atoms with Crippen molar-refractivity contribution < 1.29 is 0 Å². The van der Waals surface area contributed by atoms with Crippen molar-refractivity contribution in [2.45, 2.75) is 105 Å². The maximum absolute atomic E-state index is 5.17. The second-order valence-electron chi connectivity index (χ2n) is 32.0. The fourth-order valence-corrected chi connectivity index (χ4v) is 15.9. The van der Waals surface area contributed by atoms with Crippen LogP contribution in [0.2, 0.25) is 0 Å². The van der Waals surface area contributed by atoms with E-state index < -0.39 is 0 Å². The molecular weight excluding hydrogens is 1240 g/mol. The summed E-state index contributed by atoms with van der Waals surface area (Å²) in [6.45, 7) is 27.4. The van der Waals surface area contributed by atoms with Gasteiger partial charge in [-0.15, -0.1) is 0 Å². The van der Waals surface area contributed by atoms with Crippen LogP contribution in [0.1, 0.15) is 105 Å². The van der Waals surface area contributed by atoms with E-state index in [4.69, 9.17) is 9.97 Å². The number of pyridine rings is 4. The molecule has 10 aromatic carbocycles. The van der Waals surface area contributed by atoms with Crippen LogP contribution >= 0.6 is 0 Å². The molecule has 0 unspecified atom stereocenters. The molecule has 0 spiro atoms. The number of fused-ring (bicyclic) bond motifs is 10. The monoisotopic (exact) mass is 1320 g/mol. The fraction of sp³-hybridized carbons (Fsp3) is 0.174. The van der Waals surface area contributed by atoms with Crippen LogP contribution in [-0.4, -0.2) is 33.4 Å². The lowest BCUT2D eigenvalue weighted by Crippen LogP contribution is -2.61. The summed E-state index contributed by atoms with van der Waals surface area (Å²) in [4.78, 5) is 28.9. The van der Waals surface area contributed by atoms with Gasteiger partial charge in [-0.05, 0) is 222 Å². The maximum Gasteiger partial charge on any atom is 0.252 e. The Balaban J connectivity index is 0.000000152. The molecule has 8 heterocycles. The molecule has 8 nitrogen and oxygen atoms in total. The van der Waals surface area contributed by atoms with E-state index in [1.807, 2.05) is 30.6 Å². The van der Waals surface area contributed by atoms with Crippen molar-refractivity contribution in [1.82, 2.24) is 19.9 Å². The number of nitrogens with zero attached hydrogens (tertiary/aromatic N) is 8. The lowest BCUT2D eigenvalue weighted by atomic mass is 9.33. The van der Waals surface area contributed by atoms with Crippen molar-refractivity contribution in [1.29, 1.82) is 0 Å². The van der Waals surface area contributed by atoms with Gasteiger partial charge in [0, 0.05) is 103 Å². The van der Waals surface area contributed by atoms with Gasteiger partial charge in [-0.2, -0.15) is 0 Å². The first-order chi connectivity index (χ1) is 49.1. The average molecular weight is 1320 g/mol. The third kappa shape index (κ3) is 11.0. The number of aromatic nitrogens is 4. The molecule has 4 aliphatic heterocycles. The van der Waals surface area contributed by atoms with E-state index in [0.29, 0.717) is 0 Å². The van der Waals surface area contributed by atoms with Gasteiger partial charge in [0.2, 0.25) is 0 Å². The van der Waals surface area contributed by atoms with Gasteiger partial charge in [-0.3, -0.25) is 4.98 Å². The summed E-state index contributed by atoms with van der Waals surface area (Å²) in [5, 5.41) is 1.03. The normalized spacial score (nSPS) is 13.6. The third-order valence-corrected chi connectivity index (χ3v) is 21.3. The molecular formula is C92H82B2N8. The van der Waals surface area contributed by atoms with Crippen LogP contribution in [0.15, 0.2) is 279 Å². The van der Waals surface area contributed by atoms with Gasteiger partial charge in [0.1, 0.15) is 0 Å². The summed E-state index contributed by atoms with van der Waals surface area (Å²) in [7, 11) is 0. The Bertz CT molecular complexity index is 5000. The van der Waals surface area contributed by atoms with Crippen LogP contribution in [-0.2, 0) is 21.7 Å². The zero-order chi connectivity index (χ0) is 70.1. The van der Waals surface area contributed by atoms with Crippen LogP contribution in [0.4, 0.5) is 68.2 Å². The quantitative estimate of drug-likeness (QED) is 0.153. The molecule has 496 valence electrons. The summed E-state index contributed by atoms with van der Waals surface area (Å²) in [6.07, 6.45) is 5.60. The van der Waals surface area contributed by atoms with Crippen molar-refractivity contribution >= 4 is 137 Å². The van der Waals surface area contributed by atoms with Crippen LogP contribution in [0, 0.1) is 0 Å². The van der Waals surface area contributed by atoms with E-state index >= 15 is 0 Å². The second-order valence-corrected chi connectivity index (χ2v) is 32.0. The van der Waals surface area contributed by atoms with Crippen molar-refractivity contribution in [2.24, 2.45) is 0 Å². The highest BCUT2D eigenvalue weighted by atomic mass is 15.2. The largest absolute Gasteiger partial charge is 0.311 e. The molecule has 0 bridgehead atoms. The summed E-state index contributed by atoms with van der Waals surface area (Å²) >= 11 is 0. The Morgan fingerprint density at radius 2 is 0.618 bits per heavy atom. The number of rotatable bonds is 6. The molecule has 4 aromatic heterocycles. The Labute approximate surface area is 601 Å². The molecule has 10 heteroatoms. The van der Waals surface area contributed by atoms with E-state index in [1.165, 1.54) is 101 Å². The molecule has 0 radical (unpaired) electrons. The lowest BCUT2D eigenvalue weighted by molar-refractivity contribution is 0.590. The molecule has 0 amide bonds. The minimum absolute atomic E-state index is 0.0614. The van der Waals surface area contributed by atoms with Crippen molar-refractivity contribution in [3.05, 3.63) is 302 Å². The average Bonchev–Trinajstić information content (AvgIpc) is 0.704. The van der Waals surface area contributed by atoms with E-state index in [2.05, 4.69) is 355 Å². The van der Waals surface area contributed by atoms with Crippen LogP contribution in [0.25, 0.3) is 44.5 Å². The first-order valence-electron chi connectivity index (χ1n) is 35.9. The smallest absolute Gasteiger partial charge is 0.252 e. The number of anilines is 12. The highest BCUT2D eigenvalue weighted by Gasteiger charge is 2.46. The third-order valence-electron chi connectivity index (χ3n) is 21.3. The summed E-state index contributed by atoms with van der Waals surface area (Å²) < 4.78 is 0. The number of para-hydroxylation sites is 4. The van der Waals surface area contributed by atoms with Gasteiger partial charge in [-0.1, -0.05) is 204 Å². The molecule has 0 N–H and O–H groups in total. The molecule has 0 saturated heterocycles. The molecule has 102 heavy (non-hydrogen) atoms. The van der Waals surface area contributed by atoms with Gasteiger partial charge in [0.15, 0.2) is 5.65 Å². The number of hydrogen-bond acceptors (Lipinski definition) is 8. The van der Waals surface area contributed by atoms with Crippen LogP contribution in [0.3, 0.4) is 0 Å². The molecule has 4 aliphatic rings. The minimum atomic E-state index is 0.0614. The number of benzene rings is 10. The second kappa shape index (κ2) is 24.2. The molecule has 0 atom stereocenters. The Kier molecular flexibility index (Phi) is 15.2. The topological polar surface area (TPSA) is 64.5 Å². The van der Waals surface area contributed by atoms with Gasteiger partial charge in [-0.25, -0.2) is 15.0 Å². The van der Waals surface area contributed by atoms with Crippen molar-refractivity contribution in [2.75, 3.05) is 19.6 Å². The molecule has 0 fully saturated rings. The first-order valence-corrected chi connectivity index (χ1v) is 35.9. The molecule has 0 aliphatic carbocycles. The van der Waals surface area contributed by atoms with Crippen LogP contribution in [0.5, 0.6) is 0 Å². The lowest BCUT2D eigenvalue weighted by Gasteiger charge is -2.44. The van der Waals surface area contributed by atoms with E-state index in [9.17, 15) is 0 Å². The van der Waals surface area contributed by atoms with Gasteiger partial charge in [0.25, 0.3) is 13.4 Å². The van der Waals surface area contributed by atoms with Crippen molar-refractivity contribution in [3.8, 4) is 22.4 Å². The SMILES string of the molecule is CC(C)(C)c1ccc(N2c3ccccc3B3c4ccccc4N(c4ccc(C(C)(C)C)cc4)c4cc(-c5ccc6ncccc6n5)cc2c43)cc1.CC(C)(C)c1ccc(N2c3ccccc3B3c4ccccc4N(c4ccc(C(C)(C)C)cc4)c4cc(-c5cnc6ncccc6c5)cc2c43)cc1. The predicted molar refractivity (Wildman–Crippen MR) is 433 cm³/mol. The number of hydrogen-bond donors (Lipinski definition) is 0. The van der Waals surface area contributed by atoms with Gasteiger partial charge < -0.3 is 19.6 Å². The van der Waals surface area contributed by atoms with Gasteiger partial charge in [0.05, 0.1) is 16.7 Å². The summed E-state index contributed by atoms with van der Waals surface area (Å²) in [5.41, 5.74) is 34.2. The van der Waals surface area contributed by atoms with E-state index in [1.54, 1.807) is 6.20 Å². The molecule has 14 aromatic rings. The van der Waals surface area contributed by atoms with Crippen LogP contribution < -0.4 is 52.4 Å². The molecule has 0 saturated carbocycles. The Morgan fingerprint density at radius 3 is 0.990 bits per heavy atom.